The molecule has 0 fully saturated rings. The Labute approximate surface area is 161 Å². The van der Waals surface area contributed by atoms with Gasteiger partial charge in [-0.2, -0.15) is 0 Å². The topological polar surface area (TPSA) is 52.6 Å². The van der Waals surface area contributed by atoms with E-state index in [0.717, 1.165) is 25.7 Å². The third-order valence-corrected chi connectivity index (χ3v) is 4.57. The summed E-state index contributed by atoms with van der Waals surface area (Å²) in [4.78, 5) is 23.4. The smallest absolute Gasteiger partial charge is 0.306 e. The number of carbonyl (C=O) groups excluding carboxylic acids is 2. The van der Waals surface area contributed by atoms with E-state index in [1.807, 2.05) is 6.92 Å². The molecule has 1 unspecified atom stereocenters. The van der Waals surface area contributed by atoms with E-state index in [9.17, 15) is 9.59 Å². The van der Waals surface area contributed by atoms with E-state index in [4.69, 9.17) is 9.47 Å². The van der Waals surface area contributed by atoms with Crippen molar-refractivity contribution in [3.05, 3.63) is 0 Å². The fourth-order valence-corrected chi connectivity index (χ4v) is 2.90. The van der Waals surface area contributed by atoms with E-state index >= 15 is 0 Å². The molecule has 154 valence electrons. The van der Waals surface area contributed by atoms with Crippen molar-refractivity contribution in [2.24, 2.45) is 0 Å². The Bertz CT molecular complexity index is 341. The fourth-order valence-electron chi connectivity index (χ4n) is 2.90. The molecule has 0 aromatic heterocycles. The minimum Gasteiger partial charge on any atom is -0.466 e. The molecule has 4 nitrogen and oxygen atoms in total. The van der Waals surface area contributed by atoms with Crippen LogP contribution in [-0.2, 0) is 19.1 Å². The summed E-state index contributed by atoms with van der Waals surface area (Å²) in [6.45, 7) is 6.86. The van der Waals surface area contributed by atoms with Crippen LogP contribution in [0.2, 0.25) is 0 Å². The van der Waals surface area contributed by atoms with Crippen molar-refractivity contribution in [1.82, 2.24) is 0 Å². The first-order valence-electron chi connectivity index (χ1n) is 10.9. The molecule has 0 spiro atoms. The highest BCUT2D eigenvalue weighted by Gasteiger charge is 2.11. The highest BCUT2D eigenvalue weighted by atomic mass is 16.5. The Morgan fingerprint density at radius 2 is 1.23 bits per heavy atom. The van der Waals surface area contributed by atoms with Crippen LogP contribution in [0.4, 0.5) is 0 Å². The molecule has 0 aliphatic heterocycles. The van der Waals surface area contributed by atoms with Crippen molar-refractivity contribution < 1.29 is 19.1 Å². The SMILES string of the molecule is CCCCCCCCC(C)OC(=O)CCCC(=O)OCCCCCCC. The summed E-state index contributed by atoms with van der Waals surface area (Å²) in [6, 6.07) is 0. The molecule has 0 aromatic rings. The van der Waals surface area contributed by atoms with Crippen LogP contribution >= 0.6 is 0 Å². The lowest BCUT2D eigenvalue weighted by molar-refractivity contribution is -0.149. The second-order valence-corrected chi connectivity index (χ2v) is 7.35. The summed E-state index contributed by atoms with van der Waals surface area (Å²) in [7, 11) is 0. The molecule has 0 rings (SSSR count). The Kier molecular flexibility index (Phi) is 18.0. The van der Waals surface area contributed by atoms with Gasteiger partial charge in [-0.05, 0) is 32.6 Å². The van der Waals surface area contributed by atoms with Gasteiger partial charge in [0.15, 0.2) is 0 Å². The van der Waals surface area contributed by atoms with E-state index < -0.39 is 0 Å². The lowest BCUT2D eigenvalue weighted by Crippen LogP contribution is -2.15. The molecule has 1 atom stereocenters. The largest absolute Gasteiger partial charge is 0.466 e. The molecule has 26 heavy (non-hydrogen) atoms. The van der Waals surface area contributed by atoms with Crippen LogP contribution < -0.4 is 0 Å². The van der Waals surface area contributed by atoms with Crippen LogP contribution in [0, 0.1) is 0 Å². The predicted molar refractivity (Wildman–Crippen MR) is 107 cm³/mol. The van der Waals surface area contributed by atoms with Gasteiger partial charge in [-0.3, -0.25) is 9.59 Å². The number of ether oxygens (including phenoxy) is 2. The van der Waals surface area contributed by atoms with Gasteiger partial charge in [0, 0.05) is 12.8 Å². The predicted octanol–water partition coefficient (Wildman–Crippen LogP) is 6.35. The van der Waals surface area contributed by atoms with Crippen molar-refractivity contribution in [2.45, 2.75) is 123 Å². The van der Waals surface area contributed by atoms with Crippen molar-refractivity contribution in [1.29, 1.82) is 0 Å². The highest BCUT2D eigenvalue weighted by molar-refractivity contribution is 5.72. The van der Waals surface area contributed by atoms with Gasteiger partial charge in [0.25, 0.3) is 0 Å². The number of unbranched alkanes of at least 4 members (excludes halogenated alkanes) is 9. The van der Waals surface area contributed by atoms with Gasteiger partial charge in [0.2, 0.25) is 0 Å². The Morgan fingerprint density at radius 1 is 0.692 bits per heavy atom. The molecule has 0 aromatic carbocycles. The number of hydrogen-bond donors (Lipinski definition) is 0. The van der Waals surface area contributed by atoms with Crippen molar-refractivity contribution in [2.75, 3.05) is 6.61 Å². The van der Waals surface area contributed by atoms with Gasteiger partial charge in [0.1, 0.15) is 0 Å². The van der Waals surface area contributed by atoms with Crippen LogP contribution in [0.15, 0.2) is 0 Å². The normalized spacial score (nSPS) is 12.0. The van der Waals surface area contributed by atoms with Crippen LogP contribution in [0.25, 0.3) is 0 Å². The van der Waals surface area contributed by atoms with Crippen molar-refractivity contribution in [3.8, 4) is 0 Å². The average Bonchev–Trinajstić information content (AvgIpc) is 2.61. The molecule has 0 radical (unpaired) electrons. The summed E-state index contributed by atoms with van der Waals surface area (Å²) in [6.07, 6.45) is 15.2. The van der Waals surface area contributed by atoms with Crippen LogP contribution in [0.5, 0.6) is 0 Å². The second-order valence-electron chi connectivity index (χ2n) is 7.35. The standard InChI is InChI=1S/C22H42O4/c1-4-6-8-10-11-13-16-20(3)26-22(24)18-15-17-21(23)25-19-14-12-9-7-5-2/h20H,4-19H2,1-3H3. The Hall–Kier alpha value is -1.06. The summed E-state index contributed by atoms with van der Waals surface area (Å²) >= 11 is 0. The maximum absolute atomic E-state index is 11.8. The first-order valence-corrected chi connectivity index (χ1v) is 10.9. The minimum atomic E-state index is -0.201. The van der Waals surface area contributed by atoms with Crippen LogP contribution in [0.1, 0.15) is 117 Å². The third-order valence-electron chi connectivity index (χ3n) is 4.57. The molecular weight excluding hydrogens is 328 g/mol. The second kappa shape index (κ2) is 18.7. The summed E-state index contributed by atoms with van der Waals surface area (Å²) < 4.78 is 10.6. The van der Waals surface area contributed by atoms with E-state index in [-0.39, 0.29) is 18.0 Å². The van der Waals surface area contributed by atoms with Gasteiger partial charge < -0.3 is 9.47 Å². The van der Waals surface area contributed by atoms with Gasteiger partial charge in [-0.15, -0.1) is 0 Å². The molecule has 0 saturated carbocycles. The van der Waals surface area contributed by atoms with E-state index in [1.54, 1.807) is 0 Å². The highest BCUT2D eigenvalue weighted by Crippen LogP contribution is 2.11. The van der Waals surface area contributed by atoms with Crippen LogP contribution in [-0.4, -0.2) is 24.6 Å². The van der Waals surface area contributed by atoms with Gasteiger partial charge in [-0.25, -0.2) is 0 Å². The molecule has 0 bridgehead atoms. The van der Waals surface area contributed by atoms with Crippen molar-refractivity contribution in [3.63, 3.8) is 0 Å². The summed E-state index contributed by atoms with van der Waals surface area (Å²) in [5.41, 5.74) is 0. The lowest BCUT2D eigenvalue weighted by atomic mass is 10.1. The molecule has 0 heterocycles. The zero-order valence-corrected chi connectivity index (χ0v) is 17.5. The van der Waals surface area contributed by atoms with Crippen molar-refractivity contribution >= 4 is 11.9 Å². The molecule has 0 N–H and O–H groups in total. The lowest BCUT2D eigenvalue weighted by Gasteiger charge is -2.13. The average molecular weight is 371 g/mol. The number of carbonyl (C=O) groups is 2. The van der Waals surface area contributed by atoms with Gasteiger partial charge >= 0.3 is 11.9 Å². The zero-order chi connectivity index (χ0) is 19.5. The fraction of sp³-hybridized carbons (Fsp3) is 0.909. The Balaban J connectivity index is 3.50. The number of esters is 2. The molecule has 0 aliphatic carbocycles. The minimum absolute atomic E-state index is 0.0243. The number of rotatable bonds is 18. The van der Waals surface area contributed by atoms with E-state index in [0.29, 0.717) is 25.9 Å². The first-order chi connectivity index (χ1) is 12.6. The van der Waals surface area contributed by atoms with E-state index in [1.165, 1.54) is 51.4 Å². The quantitative estimate of drug-likeness (QED) is 0.208. The maximum Gasteiger partial charge on any atom is 0.306 e. The molecular formula is C22H42O4. The summed E-state index contributed by atoms with van der Waals surface area (Å²) in [5, 5.41) is 0. The van der Waals surface area contributed by atoms with Gasteiger partial charge in [0.05, 0.1) is 12.7 Å². The summed E-state index contributed by atoms with van der Waals surface area (Å²) in [5.74, 6) is -0.399. The zero-order valence-electron chi connectivity index (χ0n) is 17.5. The molecule has 0 saturated heterocycles. The Morgan fingerprint density at radius 3 is 1.88 bits per heavy atom. The molecule has 0 aliphatic rings. The third kappa shape index (κ3) is 17.8. The number of hydrogen-bond acceptors (Lipinski definition) is 4. The van der Waals surface area contributed by atoms with Crippen LogP contribution in [0.3, 0.4) is 0 Å². The molecule has 4 heteroatoms. The maximum atomic E-state index is 11.8. The monoisotopic (exact) mass is 370 g/mol. The van der Waals surface area contributed by atoms with Gasteiger partial charge in [-0.1, -0.05) is 71.6 Å². The van der Waals surface area contributed by atoms with E-state index in [2.05, 4.69) is 13.8 Å². The first kappa shape index (κ1) is 24.9. The molecule has 0 amide bonds.